The van der Waals surface area contributed by atoms with Crippen molar-refractivity contribution in [3.05, 3.63) is 59.7 Å². The van der Waals surface area contributed by atoms with Gasteiger partial charge in [-0.2, -0.15) is 0 Å². The molecule has 0 radical (unpaired) electrons. The summed E-state index contributed by atoms with van der Waals surface area (Å²) in [7, 11) is 0. The molecule has 3 heterocycles. The van der Waals surface area contributed by atoms with E-state index >= 15 is 0 Å². The van der Waals surface area contributed by atoms with Gasteiger partial charge in [0.05, 0.1) is 10.9 Å². The van der Waals surface area contributed by atoms with Gasteiger partial charge in [0.2, 0.25) is 18.6 Å². The summed E-state index contributed by atoms with van der Waals surface area (Å²) in [6, 6.07) is 15.6. The number of hydrogen-bond donors (Lipinski definition) is 2. The van der Waals surface area contributed by atoms with Crippen LogP contribution in [0.25, 0.3) is 0 Å². The number of hydrogen-bond acceptors (Lipinski definition) is 6. The number of rotatable bonds is 6. The lowest BCUT2D eigenvalue weighted by molar-refractivity contribution is -0.132. The molecule has 0 aliphatic carbocycles. The smallest absolute Gasteiger partial charge is 0.238 e. The van der Waals surface area contributed by atoms with Gasteiger partial charge in [-0.15, -0.1) is 11.8 Å². The van der Waals surface area contributed by atoms with Gasteiger partial charge in [0.1, 0.15) is 0 Å². The molecule has 0 bridgehead atoms. The lowest BCUT2D eigenvalue weighted by Crippen LogP contribution is -2.54. The molecular formula is C25H29N3O4S. The van der Waals surface area contributed by atoms with E-state index in [1.54, 1.807) is 0 Å². The monoisotopic (exact) mass is 467 g/mol. The Balaban J connectivity index is 1.07. The molecule has 8 heteroatoms. The van der Waals surface area contributed by atoms with Crippen molar-refractivity contribution < 1.29 is 19.1 Å². The fourth-order valence-corrected chi connectivity index (χ4v) is 6.03. The van der Waals surface area contributed by atoms with Crippen LogP contribution in [0.5, 0.6) is 11.5 Å². The number of aryl methyl sites for hydroxylation is 1. The summed E-state index contributed by atoms with van der Waals surface area (Å²) >= 11 is 1.82. The summed E-state index contributed by atoms with van der Waals surface area (Å²) in [5, 5.41) is 6.61. The Morgan fingerprint density at radius 3 is 2.67 bits per heavy atom. The second-order valence-corrected chi connectivity index (χ2v) is 10.2. The molecule has 2 N–H and O–H groups in total. The van der Waals surface area contributed by atoms with Gasteiger partial charge in [0, 0.05) is 31.8 Å². The van der Waals surface area contributed by atoms with Gasteiger partial charge < -0.3 is 19.7 Å². The van der Waals surface area contributed by atoms with Crippen LogP contribution in [0.3, 0.4) is 0 Å². The van der Waals surface area contributed by atoms with Gasteiger partial charge in [-0.05, 0) is 42.5 Å². The molecule has 0 aromatic heterocycles. The van der Waals surface area contributed by atoms with Crippen LogP contribution in [-0.2, 0) is 22.6 Å². The Kier molecular flexibility index (Phi) is 6.46. The molecule has 1 unspecified atom stereocenters. The van der Waals surface area contributed by atoms with Crippen LogP contribution >= 0.6 is 11.8 Å². The van der Waals surface area contributed by atoms with Crippen molar-refractivity contribution in [2.45, 2.75) is 43.1 Å². The van der Waals surface area contributed by atoms with Crippen molar-refractivity contribution >= 4 is 23.6 Å². The van der Waals surface area contributed by atoms with E-state index in [1.165, 1.54) is 5.56 Å². The van der Waals surface area contributed by atoms with Crippen LogP contribution in [0.15, 0.2) is 48.5 Å². The molecule has 7 nitrogen and oxygen atoms in total. The quantitative estimate of drug-likeness (QED) is 0.680. The lowest BCUT2D eigenvalue weighted by atomic mass is 10.0. The molecule has 2 fully saturated rings. The van der Waals surface area contributed by atoms with E-state index in [-0.39, 0.29) is 29.5 Å². The van der Waals surface area contributed by atoms with Gasteiger partial charge in [0.25, 0.3) is 0 Å². The maximum Gasteiger partial charge on any atom is 0.238 e. The normalized spacial score (nSPS) is 20.7. The van der Waals surface area contributed by atoms with Crippen LogP contribution in [-0.4, -0.2) is 53.3 Å². The van der Waals surface area contributed by atoms with Crippen LogP contribution in [0.2, 0.25) is 0 Å². The number of carbonyl (C=O) groups is 2. The molecule has 2 aromatic rings. The third-order valence-electron chi connectivity index (χ3n) is 6.58. The zero-order valence-electron chi connectivity index (χ0n) is 18.5. The Morgan fingerprint density at radius 2 is 1.85 bits per heavy atom. The van der Waals surface area contributed by atoms with E-state index < -0.39 is 0 Å². The first-order valence-corrected chi connectivity index (χ1v) is 12.5. The summed E-state index contributed by atoms with van der Waals surface area (Å²) in [6.45, 7) is 2.17. The van der Waals surface area contributed by atoms with Crippen molar-refractivity contribution in [2.24, 2.45) is 0 Å². The summed E-state index contributed by atoms with van der Waals surface area (Å²) in [5.74, 6) is 2.44. The lowest BCUT2D eigenvalue weighted by Gasteiger charge is -2.39. The fourth-order valence-electron chi connectivity index (χ4n) is 4.61. The minimum absolute atomic E-state index is 0.0124. The number of benzene rings is 2. The van der Waals surface area contributed by atoms with Crippen LogP contribution in [0.4, 0.5) is 0 Å². The average molecular weight is 468 g/mol. The second-order valence-electron chi connectivity index (χ2n) is 8.77. The third kappa shape index (κ3) is 5.12. The number of fused-ring (bicyclic) bond motifs is 1. The second kappa shape index (κ2) is 9.65. The maximum atomic E-state index is 12.8. The maximum absolute atomic E-state index is 12.8. The summed E-state index contributed by atoms with van der Waals surface area (Å²) in [4.78, 5) is 27.3. The van der Waals surface area contributed by atoms with E-state index in [0.717, 1.165) is 55.2 Å². The molecule has 2 aromatic carbocycles. The third-order valence-corrected chi connectivity index (χ3v) is 8.16. The van der Waals surface area contributed by atoms with E-state index in [0.29, 0.717) is 13.0 Å². The Bertz CT molecular complexity index is 1010. The van der Waals surface area contributed by atoms with Crippen molar-refractivity contribution in [3.63, 3.8) is 0 Å². The molecule has 3 aliphatic heterocycles. The average Bonchev–Trinajstić information content (AvgIpc) is 3.49. The number of nitrogens with zero attached hydrogens (tertiary/aromatic N) is 1. The first kappa shape index (κ1) is 22.1. The first-order chi connectivity index (χ1) is 16.1. The SMILES string of the molecule is O=C(NCc1ccc2c(c1)OCO2)C1CSC2(CCN(C(=O)CCc3ccccc3)CC2)N1. The molecule has 174 valence electrons. The highest BCUT2D eigenvalue weighted by Gasteiger charge is 2.44. The highest BCUT2D eigenvalue weighted by Crippen LogP contribution is 2.39. The van der Waals surface area contributed by atoms with Crippen molar-refractivity contribution in [3.8, 4) is 11.5 Å². The minimum atomic E-state index is -0.218. The van der Waals surface area contributed by atoms with Gasteiger partial charge in [0.15, 0.2) is 11.5 Å². The molecular weight excluding hydrogens is 438 g/mol. The van der Waals surface area contributed by atoms with Crippen LogP contribution in [0, 0.1) is 0 Å². The number of ether oxygens (including phenoxy) is 2. The summed E-state index contributed by atoms with van der Waals surface area (Å²) in [5.41, 5.74) is 2.18. The first-order valence-electron chi connectivity index (χ1n) is 11.5. The fraction of sp³-hybridized carbons (Fsp3) is 0.440. The predicted octanol–water partition coefficient (Wildman–Crippen LogP) is 2.69. The molecule has 33 heavy (non-hydrogen) atoms. The minimum Gasteiger partial charge on any atom is -0.454 e. The van der Waals surface area contributed by atoms with Gasteiger partial charge in [-0.25, -0.2) is 0 Å². The predicted molar refractivity (Wildman–Crippen MR) is 127 cm³/mol. The zero-order valence-corrected chi connectivity index (χ0v) is 19.4. The van der Waals surface area contributed by atoms with E-state index in [9.17, 15) is 9.59 Å². The molecule has 3 aliphatic rings. The zero-order chi connectivity index (χ0) is 22.7. The van der Waals surface area contributed by atoms with Gasteiger partial charge in [-0.3, -0.25) is 14.9 Å². The topological polar surface area (TPSA) is 79.9 Å². The number of amides is 2. The van der Waals surface area contributed by atoms with Gasteiger partial charge >= 0.3 is 0 Å². The van der Waals surface area contributed by atoms with Crippen LogP contribution < -0.4 is 20.1 Å². The molecule has 2 saturated heterocycles. The number of nitrogens with one attached hydrogen (secondary N) is 2. The molecule has 5 rings (SSSR count). The highest BCUT2D eigenvalue weighted by atomic mass is 32.2. The Morgan fingerprint density at radius 1 is 1.06 bits per heavy atom. The standard InChI is InChI=1S/C25H29N3O4S/c29-23(9-7-18-4-2-1-3-5-18)28-12-10-25(11-13-28)27-20(16-33-25)24(30)26-15-19-6-8-21-22(14-19)32-17-31-21/h1-6,8,14,20,27H,7,9-13,15-17H2,(H,26,30). The Labute approximate surface area is 198 Å². The number of thioether (sulfide) groups is 1. The largest absolute Gasteiger partial charge is 0.454 e. The van der Waals surface area contributed by atoms with Crippen LogP contribution in [0.1, 0.15) is 30.4 Å². The van der Waals surface area contributed by atoms with Crippen molar-refractivity contribution in [2.75, 3.05) is 25.6 Å². The summed E-state index contributed by atoms with van der Waals surface area (Å²) < 4.78 is 10.7. The molecule has 1 atom stereocenters. The number of carbonyl (C=O) groups excluding carboxylic acids is 2. The van der Waals surface area contributed by atoms with Crippen molar-refractivity contribution in [1.82, 2.24) is 15.5 Å². The molecule has 1 spiro atoms. The Hall–Kier alpha value is -2.71. The molecule has 2 amide bonds. The number of likely N-dealkylation sites (tertiary alicyclic amines) is 1. The highest BCUT2D eigenvalue weighted by molar-refractivity contribution is 8.01. The van der Waals surface area contributed by atoms with Gasteiger partial charge in [-0.1, -0.05) is 36.4 Å². The van der Waals surface area contributed by atoms with Crippen molar-refractivity contribution in [1.29, 1.82) is 0 Å². The van der Waals surface area contributed by atoms with E-state index in [1.807, 2.05) is 53.1 Å². The molecule has 0 saturated carbocycles. The van der Waals surface area contributed by atoms with E-state index in [4.69, 9.17) is 9.47 Å². The number of piperidine rings is 1. The summed E-state index contributed by atoms with van der Waals surface area (Å²) in [6.07, 6.45) is 3.05. The van der Waals surface area contributed by atoms with E-state index in [2.05, 4.69) is 22.8 Å².